The summed E-state index contributed by atoms with van der Waals surface area (Å²) in [4.78, 5) is 7.80. The van der Waals surface area contributed by atoms with Gasteiger partial charge in [-0.3, -0.25) is 4.98 Å². The van der Waals surface area contributed by atoms with Crippen LogP contribution in [0.1, 0.15) is 68.5 Å². The van der Waals surface area contributed by atoms with Crippen LogP contribution in [0, 0.1) is 18.3 Å². The highest BCUT2D eigenvalue weighted by Gasteiger charge is 2.72. The van der Waals surface area contributed by atoms with Gasteiger partial charge < -0.3 is 24.6 Å². The Morgan fingerprint density at radius 3 is 2.45 bits per heavy atom. The highest BCUT2D eigenvalue weighted by atomic mass is 16.5. The lowest BCUT2D eigenvalue weighted by atomic mass is 9.49. The minimum atomic E-state index is -1.09. The van der Waals surface area contributed by atoms with Gasteiger partial charge in [0.2, 0.25) is 0 Å². The molecule has 3 aromatic rings. The minimum Gasteiger partial charge on any atom is -0.491 e. The number of aryl methyl sites for hydroxylation is 3. The van der Waals surface area contributed by atoms with Crippen molar-refractivity contribution in [2.75, 3.05) is 13.6 Å². The van der Waals surface area contributed by atoms with Gasteiger partial charge >= 0.3 is 0 Å². The molecule has 0 radical (unpaired) electrons. The van der Waals surface area contributed by atoms with E-state index in [-0.39, 0.29) is 12.0 Å². The highest BCUT2D eigenvalue weighted by molar-refractivity contribution is 5.78. The minimum absolute atomic E-state index is 0.0609. The molecule has 2 aliphatic heterocycles. The maximum atomic E-state index is 12.8. The van der Waals surface area contributed by atoms with Crippen molar-refractivity contribution in [3.8, 4) is 17.0 Å². The predicted octanol–water partition coefficient (Wildman–Crippen LogP) is 7.04. The van der Waals surface area contributed by atoms with E-state index in [1.165, 1.54) is 27.8 Å². The molecule has 2 aromatic carbocycles. The van der Waals surface area contributed by atoms with Crippen molar-refractivity contribution >= 4 is 5.57 Å². The summed E-state index contributed by atoms with van der Waals surface area (Å²) in [5.74, 6) is 0.985. The fraction of sp³-hybridized carbons (Fsp3) is 0.465. The molecule has 6 heteroatoms. The lowest BCUT2D eigenvalue weighted by Crippen LogP contribution is -2.62. The fourth-order valence-electron chi connectivity index (χ4n) is 10.2. The van der Waals surface area contributed by atoms with Crippen LogP contribution in [-0.2, 0) is 24.0 Å². The first-order valence-electron chi connectivity index (χ1n) is 18.3. The largest absolute Gasteiger partial charge is 0.491 e. The molecular weight excluding hydrogens is 608 g/mol. The second-order valence-electron chi connectivity index (χ2n) is 15.2. The molecule has 2 saturated heterocycles. The standard InChI is InChI=1S/C43H50N2O4/c1-7-27-15-12-16-28(8-2)38(27)34-23-37(48-25(3)4)32(26(5)44-34)24-43-39-30(21-31(40(43)47)29-13-10-9-11-14-29)22-35-33-17-18-36(46)41(49-43)42(33,39)19-20-45(35)6/h9-18,21,23,25,33,35-36,40-41,46-47H,7-8,19-20,22,24H2,1-6H3/t33-,35+,36-,40?,41-,42-,43?/m0/s1. The number of hydrogen-bond acceptors (Lipinski definition) is 6. The number of ether oxygens (including phenoxy) is 2. The first-order valence-corrected chi connectivity index (χ1v) is 18.3. The average Bonchev–Trinajstić information content (AvgIpc) is 3.41. The molecule has 5 aliphatic rings. The third-order valence-corrected chi connectivity index (χ3v) is 12.3. The van der Waals surface area contributed by atoms with Crippen molar-refractivity contribution in [2.45, 2.75) is 103 Å². The van der Waals surface area contributed by atoms with E-state index in [4.69, 9.17) is 14.5 Å². The van der Waals surface area contributed by atoms with Crippen molar-refractivity contribution in [2.24, 2.45) is 11.3 Å². The molecule has 2 fully saturated rings. The summed E-state index contributed by atoms with van der Waals surface area (Å²) in [5.41, 5.74) is 9.31. The summed E-state index contributed by atoms with van der Waals surface area (Å²) in [5, 5.41) is 24.5. The second-order valence-corrected chi connectivity index (χ2v) is 15.2. The van der Waals surface area contributed by atoms with Crippen molar-refractivity contribution in [3.63, 3.8) is 0 Å². The first kappa shape index (κ1) is 32.6. The van der Waals surface area contributed by atoms with Crippen LogP contribution in [0.25, 0.3) is 16.8 Å². The molecule has 0 amide bonds. The second kappa shape index (κ2) is 12.1. The summed E-state index contributed by atoms with van der Waals surface area (Å²) in [7, 11) is 2.23. The molecule has 0 saturated carbocycles. The van der Waals surface area contributed by atoms with Gasteiger partial charge in [0.25, 0.3) is 0 Å². The van der Waals surface area contributed by atoms with Gasteiger partial charge in [-0.2, -0.15) is 0 Å². The SMILES string of the molecule is CCc1cccc(CC)c1-c1cc(OC(C)C)c(CC23O[C@H]4[C@@H](O)C=C[C@H]5[C@H]6CC(=C2[C@]54CCN6C)C=C(c2ccccc2)C3O)c(C)n1. The summed E-state index contributed by atoms with van der Waals surface area (Å²) in [6.45, 7) is 11.5. The lowest BCUT2D eigenvalue weighted by molar-refractivity contribution is -0.139. The number of aliphatic hydroxyl groups is 2. The fourth-order valence-corrected chi connectivity index (χ4v) is 10.2. The quantitative estimate of drug-likeness (QED) is 0.253. The molecule has 7 atom stereocenters. The summed E-state index contributed by atoms with van der Waals surface area (Å²) in [6.07, 6.45) is 8.20. The molecular formula is C43H50N2O4. The van der Waals surface area contributed by atoms with Crippen LogP contribution in [0.5, 0.6) is 5.75 Å². The third kappa shape index (κ3) is 4.78. The third-order valence-electron chi connectivity index (χ3n) is 12.3. The molecule has 256 valence electrons. The normalized spacial score (nSPS) is 31.6. The van der Waals surface area contributed by atoms with Crippen LogP contribution in [0.3, 0.4) is 0 Å². The Morgan fingerprint density at radius 1 is 1.02 bits per heavy atom. The van der Waals surface area contributed by atoms with E-state index < -0.39 is 29.3 Å². The van der Waals surface area contributed by atoms with Gasteiger partial charge in [0.15, 0.2) is 0 Å². The zero-order valence-electron chi connectivity index (χ0n) is 29.7. The summed E-state index contributed by atoms with van der Waals surface area (Å²) in [6, 6.07) is 19.2. The van der Waals surface area contributed by atoms with Gasteiger partial charge in [0, 0.05) is 46.7 Å². The zero-order valence-corrected chi connectivity index (χ0v) is 29.7. The Balaban J connectivity index is 1.35. The Morgan fingerprint density at radius 2 is 1.76 bits per heavy atom. The average molecular weight is 659 g/mol. The highest BCUT2D eigenvalue weighted by Crippen LogP contribution is 2.68. The summed E-state index contributed by atoms with van der Waals surface area (Å²) < 4.78 is 14.1. The number of allylic oxidation sites excluding steroid dienone is 1. The maximum Gasteiger partial charge on any atom is 0.126 e. The number of pyridine rings is 1. The van der Waals surface area contributed by atoms with Gasteiger partial charge in [-0.05, 0) is 93.5 Å². The van der Waals surface area contributed by atoms with Crippen molar-refractivity contribution in [3.05, 3.63) is 112 Å². The van der Waals surface area contributed by atoms with Crippen LogP contribution in [0.2, 0.25) is 0 Å². The number of aliphatic hydroxyl groups excluding tert-OH is 2. The van der Waals surface area contributed by atoms with E-state index in [9.17, 15) is 10.2 Å². The van der Waals surface area contributed by atoms with Crippen LogP contribution in [0.15, 0.2) is 84.0 Å². The van der Waals surface area contributed by atoms with Crippen molar-refractivity contribution in [1.29, 1.82) is 0 Å². The van der Waals surface area contributed by atoms with Crippen LogP contribution in [0.4, 0.5) is 0 Å². The predicted molar refractivity (Wildman–Crippen MR) is 194 cm³/mol. The monoisotopic (exact) mass is 658 g/mol. The van der Waals surface area contributed by atoms with Gasteiger partial charge in [-0.15, -0.1) is 0 Å². The molecule has 8 rings (SSSR count). The van der Waals surface area contributed by atoms with Gasteiger partial charge in [0.1, 0.15) is 17.5 Å². The number of piperidine rings is 1. The van der Waals surface area contributed by atoms with Crippen LogP contribution in [-0.4, -0.2) is 69.7 Å². The van der Waals surface area contributed by atoms with E-state index in [1.807, 2.05) is 24.3 Å². The van der Waals surface area contributed by atoms with Crippen molar-refractivity contribution in [1.82, 2.24) is 9.88 Å². The van der Waals surface area contributed by atoms with Gasteiger partial charge in [-0.1, -0.05) is 80.6 Å². The molecule has 1 spiro atoms. The van der Waals surface area contributed by atoms with Crippen LogP contribution < -0.4 is 4.74 Å². The lowest BCUT2D eigenvalue weighted by Gasteiger charge is -2.58. The Kier molecular flexibility index (Phi) is 8.03. The number of rotatable bonds is 8. The van der Waals surface area contributed by atoms with Crippen LogP contribution >= 0.6 is 0 Å². The molecule has 6 nitrogen and oxygen atoms in total. The molecule has 49 heavy (non-hydrogen) atoms. The van der Waals surface area contributed by atoms with Gasteiger partial charge in [-0.25, -0.2) is 0 Å². The van der Waals surface area contributed by atoms with E-state index >= 15 is 0 Å². The molecule has 2 unspecified atom stereocenters. The molecule has 2 bridgehead atoms. The number of likely N-dealkylation sites (tertiary alicyclic amines) is 1. The summed E-state index contributed by atoms with van der Waals surface area (Å²) >= 11 is 0. The smallest absolute Gasteiger partial charge is 0.126 e. The topological polar surface area (TPSA) is 75.0 Å². The Bertz CT molecular complexity index is 1860. The zero-order chi connectivity index (χ0) is 34.2. The van der Waals surface area contributed by atoms with E-state index in [0.29, 0.717) is 12.5 Å². The van der Waals surface area contributed by atoms with Crippen molar-refractivity contribution < 1.29 is 19.7 Å². The van der Waals surface area contributed by atoms with E-state index in [0.717, 1.165) is 66.1 Å². The number of nitrogens with zero attached hydrogens (tertiary/aromatic N) is 2. The Labute approximate surface area is 291 Å². The molecule has 3 heterocycles. The first-order chi connectivity index (χ1) is 23.6. The Hall–Kier alpha value is -3.55. The van der Waals surface area contributed by atoms with E-state index in [1.54, 1.807) is 0 Å². The number of benzene rings is 2. The molecule has 3 aliphatic carbocycles. The van der Waals surface area contributed by atoms with E-state index in [2.05, 4.69) is 95.1 Å². The molecule has 2 N–H and O–H groups in total. The maximum absolute atomic E-state index is 12.8. The number of hydrogen-bond donors (Lipinski definition) is 2. The van der Waals surface area contributed by atoms with Gasteiger partial charge in [0.05, 0.1) is 24.0 Å². The molecule has 1 aromatic heterocycles. The number of aromatic nitrogens is 1.